The topological polar surface area (TPSA) is 70.9 Å². The number of piperidine rings is 1. The second kappa shape index (κ2) is 6.73. The molecule has 1 aromatic rings. The van der Waals surface area contributed by atoms with E-state index in [4.69, 9.17) is 0 Å². The second-order valence-corrected chi connectivity index (χ2v) is 6.77. The summed E-state index contributed by atoms with van der Waals surface area (Å²) in [4.78, 5) is 38.9. The lowest BCUT2D eigenvalue weighted by Crippen LogP contribution is -3.20. The molecule has 6 heteroatoms. The summed E-state index contributed by atoms with van der Waals surface area (Å²) in [6, 6.07) is 6.99. The number of hydrogen-bond donors (Lipinski definition) is 2. The highest BCUT2D eigenvalue weighted by atomic mass is 16.2. The lowest BCUT2D eigenvalue weighted by atomic mass is 10.0. The average molecular weight is 330 g/mol. The van der Waals surface area contributed by atoms with Gasteiger partial charge in [0.2, 0.25) is 11.8 Å². The number of quaternary nitrogens is 1. The molecule has 3 rings (SSSR count). The molecule has 0 spiro atoms. The van der Waals surface area contributed by atoms with Crippen molar-refractivity contribution in [3.05, 3.63) is 24.3 Å². The van der Waals surface area contributed by atoms with Crippen LogP contribution in [-0.2, 0) is 14.4 Å². The molecule has 128 valence electrons. The summed E-state index contributed by atoms with van der Waals surface area (Å²) in [7, 11) is 0. The molecule has 0 bridgehead atoms. The van der Waals surface area contributed by atoms with Crippen molar-refractivity contribution in [1.82, 2.24) is 0 Å². The summed E-state index contributed by atoms with van der Waals surface area (Å²) < 4.78 is 0. The van der Waals surface area contributed by atoms with Crippen LogP contribution in [0, 0.1) is 0 Å². The molecule has 0 radical (unpaired) electrons. The van der Waals surface area contributed by atoms with Gasteiger partial charge in [0.1, 0.15) is 0 Å². The first-order chi connectivity index (χ1) is 11.5. The van der Waals surface area contributed by atoms with Gasteiger partial charge in [-0.1, -0.05) is 0 Å². The Bertz CT molecular complexity index is 656. The Balaban J connectivity index is 1.77. The van der Waals surface area contributed by atoms with Gasteiger partial charge in [0.25, 0.3) is 5.91 Å². The monoisotopic (exact) mass is 330 g/mol. The Labute approximate surface area is 141 Å². The molecule has 1 aromatic carbocycles. The van der Waals surface area contributed by atoms with Gasteiger partial charge in [-0.3, -0.25) is 14.4 Å². The van der Waals surface area contributed by atoms with Gasteiger partial charge in [-0.25, -0.2) is 4.90 Å². The van der Waals surface area contributed by atoms with Crippen LogP contribution in [0.1, 0.15) is 39.5 Å². The van der Waals surface area contributed by atoms with Crippen molar-refractivity contribution >= 4 is 29.1 Å². The quantitative estimate of drug-likeness (QED) is 0.803. The van der Waals surface area contributed by atoms with Crippen molar-refractivity contribution in [2.45, 2.75) is 51.6 Å². The van der Waals surface area contributed by atoms with E-state index in [0.717, 1.165) is 19.4 Å². The fourth-order valence-corrected chi connectivity index (χ4v) is 3.82. The number of carbonyl (C=O) groups is 3. The third-order valence-electron chi connectivity index (χ3n) is 5.03. The maximum atomic E-state index is 12.8. The van der Waals surface area contributed by atoms with Crippen LogP contribution >= 0.6 is 0 Å². The molecular formula is C18H24N3O3+. The summed E-state index contributed by atoms with van der Waals surface area (Å²) in [5.74, 6) is -0.391. The second-order valence-electron chi connectivity index (χ2n) is 6.77. The zero-order valence-electron chi connectivity index (χ0n) is 14.2. The number of rotatable bonds is 3. The van der Waals surface area contributed by atoms with Gasteiger partial charge in [-0.15, -0.1) is 0 Å². The van der Waals surface area contributed by atoms with Crippen molar-refractivity contribution in [3.63, 3.8) is 0 Å². The maximum absolute atomic E-state index is 12.8. The molecule has 0 aliphatic carbocycles. The number of carbonyl (C=O) groups excluding carboxylic acids is 3. The third-order valence-corrected chi connectivity index (χ3v) is 5.03. The molecule has 1 unspecified atom stereocenters. The van der Waals surface area contributed by atoms with Crippen LogP contribution in [0.5, 0.6) is 0 Å². The van der Waals surface area contributed by atoms with E-state index in [1.54, 1.807) is 24.3 Å². The molecule has 24 heavy (non-hydrogen) atoms. The summed E-state index contributed by atoms with van der Waals surface area (Å²) in [6.45, 7) is 4.56. The van der Waals surface area contributed by atoms with Crippen LogP contribution in [0.25, 0.3) is 0 Å². The van der Waals surface area contributed by atoms with Crippen molar-refractivity contribution in [2.75, 3.05) is 16.8 Å². The number of hydrogen-bond acceptors (Lipinski definition) is 3. The van der Waals surface area contributed by atoms with Crippen molar-refractivity contribution < 1.29 is 19.3 Å². The summed E-state index contributed by atoms with van der Waals surface area (Å²) >= 11 is 0. The first-order valence-corrected chi connectivity index (χ1v) is 8.57. The van der Waals surface area contributed by atoms with Gasteiger partial charge < -0.3 is 10.2 Å². The number of benzene rings is 1. The van der Waals surface area contributed by atoms with E-state index in [1.807, 2.05) is 0 Å². The Hall–Kier alpha value is -2.21. The van der Waals surface area contributed by atoms with Gasteiger partial charge in [0.15, 0.2) is 6.04 Å². The van der Waals surface area contributed by atoms with Crippen LogP contribution in [0.2, 0.25) is 0 Å². The van der Waals surface area contributed by atoms with Crippen molar-refractivity contribution in [2.24, 2.45) is 0 Å². The number of anilines is 2. The normalized spacial score (nSPS) is 27.4. The molecule has 2 heterocycles. The first kappa shape index (κ1) is 16.6. The van der Waals surface area contributed by atoms with E-state index in [-0.39, 0.29) is 30.2 Å². The van der Waals surface area contributed by atoms with Gasteiger partial charge in [-0.2, -0.15) is 0 Å². The molecule has 6 nitrogen and oxygen atoms in total. The first-order valence-electron chi connectivity index (χ1n) is 8.57. The molecule has 2 fully saturated rings. The van der Waals surface area contributed by atoms with Crippen LogP contribution in [0.4, 0.5) is 11.4 Å². The predicted molar refractivity (Wildman–Crippen MR) is 90.8 cm³/mol. The molecule has 3 atom stereocenters. The lowest BCUT2D eigenvalue weighted by Gasteiger charge is -2.33. The van der Waals surface area contributed by atoms with E-state index >= 15 is 0 Å². The minimum absolute atomic E-state index is 0.101. The minimum atomic E-state index is -0.261. The molecule has 0 aromatic heterocycles. The average Bonchev–Trinajstić information content (AvgIpc) is 2.83. The fraction of sp³-hybridized carbons (Fsp3) is 0.500. The van der Waals surface area contributed by atoms with Gasteiger partial charge in [0, 0.05) is 12.6 Å². The largest absolute Gasteiger partial charge is 0.326 e. The number of likely N-dealkylation sites (tertiary alicyclic amines) is 1. The number of imide groups is 1. The molecule has 2 saturated heterocycles. The van der Waals surface area contributed by atoms with Crippen LogP contribution < -0.4 is 15.1 Å². The van der Waals surface area contributed by atoms with Gasteiger partial charge in [-0.05, 0) is 50.5 Å². The van der Waals surface area contributed by atoms with E-state index in [2.05, 4.69) is 12.2 Å². The van der Waals surface area contributed by atoms with Crippen LogP contribution in [0.3, 0.4) is 0 Å². The van der Waals surface area contributed by atoms with E-state index < -0.39 is 0 Å². The van der Waals surface area contributed by atoms with E-state index in [0.29, 0.717) is 17.4 Å². The Morgan fingerprint density at radius 2 is 1.92 bits per heavy atom. The molecule has 3 amide bonds. The molecule has 0 saturated carbocycles. The Kier molecular flexibility index (Phi) is 4.66. The number of nitrogens with one attached hydrogen (secondary N) is 2. The standard InChI is InChI=1S/C18H23N3O3/c1-12-5-3-4-10-20(12)16-11-17(23)21(18(16)24)15-8-6-14(7-9-15)19-13(2)22/h6-9,12,16H,3-5,10-11H2,1-2H3,(H,19,22)/p+1/t12-,16-/m1/s1. The molecule has 2 aliphatic rings. The molecule has 2 N–H and O–H groups in total. The van der Waals surface area contributed by atoms with Gasteiger partial charge in [0.05, 0.1) is 24.7 Å². The lowest BCUT2D eigenvalue weighted by molar-refractivity contribution is -0.942. The highest BCUT2D eigenvalue weighted by Gasteiger charge is 2.47. The SMILES string of the molecule is CC(=O)Nc1ccc(N2C(=O)C[C@@H]([NH+]3CCCC[C@H]3C)C2=O)cc1. The van der Waals surface area contributed by atoms with Crippen molar-refractivity contribution in [1.29, 1.82) is 0 Å². The number of amides is 3. The summed E-state index contributed by atoms with van der Waals surface area (Å²) in [5, 5.41) is 2.68. The smallest absolute Gasteiger partial charge is 0.292 e. The van der Waals surface area contributed by atoms with Gasteiger partial charge >= 0.3 is 0 Å². The fourth-order valence-electron chi connectivity index (χ4n) is 3.82. The highest BCUT2D eigenvalue weighted by molar-refractivity contribution is 6.21. The Morgan fingerprint density at radius 3 is 2.54 bits per heavy atom. The molecule has 2 aliphatic heterocycles. The van der Waals surface area contributed by atoms with E-state index in [1.165, 1.54) is 23.1 Å². The van der Waals surface area contributed by atoms with Crippen molar-refractivity contribution in [3.8, 4) is 0 Å². The summed E-state index contributed by atoms with van der Waals surface area (Å²) in [6.07, 6.45) is 3.71. The van der Waals surface area contributed by atoms with Crippen LogP contribution in [0.15, 0.2) is 24.3 Å². The summed E-state index contributed by atoms with van der Waals surface area (Å²) in [5.41, 5.74) is 1.22. The third kappa shape index (κ3) is 3.19. The molecular weight excluding hydrogens is 306 g/mol. The zero-order valence-corrected chi connectivity index (χ0v) is 14.2. The Morgan fingerprint density at radius 1 is 1.21 bits per heavy atom. The van der Waals surface area contributed by atoms with E-state index in [9.17, 15) is 14.4 Å². The minimum Gasteiger partial charge on any atom is -0.326 e. The van der Waals surface area contributed by atoms with Crippen LogP contribution in [-0.4, -0.2) is 36.3 Å². The predicted octanol–water partition coefficient (Wildman–Crippen LogP) is 0.734. The number of nitrogens with zero attached hydrogens (tertiary/aromatic N) is 1. The highest BCUT2D eigenvalue weighted by Crippen LogP contribution is 2.24. The zero-order chi connectivity index (χ0) is 17.3. The maximum Gasteiger partial charge on any atom is 0.292 e.